The zero-order valence-corrected chi connectivity index (χ0v) is 12.4. The molecule has 0 N–H and O–H groups in total. The molecule has 1 aromatic rings. The summed E-state index contributed by atoms with van der Waals surface area (Å²) in [5.41, 5.74) is 1.25. The van der Waals surface area contributed by atoms with Crippen LogP contribution in [0.3, 0.4) is 0 Å². The summed E-state index contributed by atoms with van der Waals surface area (Å²) in [6.07, 6.45) is 4.35. The minimum Gasteiger partial charge on any atom is -0.357 e. The maximum absolute atomic E-state index is 4.50. The number of aromatic nitrogens is 1. The van der Waals surface area contributed by atoms with E-state index >= 15 is 0 Å². The average Bonchev–Trinajstić information content (AvgIpc) is 2.33. The molecule has 3 nitrogen and oxygen atoms in total. The molecule has 2 heterocycles. The van der Waals surface area contributed by atoms with E-state index in [0.29, 0.717) is 6.04 Å². The Morgan fingerprint density at radius 3 is 2.65 bits per heavy atom. The molecule has 17 heavy (non-hydrogen) atoms. The molecule has 0 atom stereocenters. The van der Waals surface area contributed by atoms with Crippen LogP contribution in [0.1, 0.15) is 18.4 Å². The van der Waals surface area contributed by atoms with Crippen molar-refractivity contribution in [1.29, 1.82) is 0 Å². The van der Waals surface area contributed by atoms with Gasteiger partial charge in [-0.15, -0.1) is 0 Å². The second-order valence-corrected chi connectivity index (χ2v) is 5.79. The van der Waals surface area contributed by atoms with E-state index < -0.39 is 0 Å². The summed E-state index contributed by atoms with van der Waals surface area (Å²) in [5.74, 6) is 1.08. The second kappa shape index (κ2) is 5.36. The zero-order valence-electron chi connectivity index (χ0n) is 10.8. The fourth-order valence-corrected chi connectivity index (χ4v) is 2.50. The van der Waals surface area contributed by atoms with Gasteiger partial charge in [0.25, 0.3) is 0 Å². The van der Waals surface area contributed by atoms with Gasteiger partial charge in [-0.1, -0.05) is 0 Å². The fourth-order valence-electron chi connectivity index (χ4n) is 2.29. The lowest BCUT2D eigenvalue weighted by Gasteiger charge is -2.35. The van der Waals surface area contributed by atoms with Gasteiger partial charge in [0.2, 0.25) is 0 Å². The van der Waals surface area contributed by atoms with Crippen LogP contribution in [0.5, 0.6) is 0 Å². The third-order valence-electron chi connectivity index (χ3n) is 3.63. The fraction of sp³-hybridized carbons (Fsp3) is 0.615. The van der Waals surface area contributed by atoms with Crippen LogP contribution >= 0.6 is 15.9 Å². The molecule has 4 heteroatoms. The molecule has 0 saturated carbocycles. The van der Waals surface area contributed by atoms with Crippen molar-refractivity contribution >= 4 is 21.7 Å². The molecule has 0 radical (unpaired) electrons. The SMILES string of the molecule is Cc1cc(N(C)C2CCN(C)CC2)ncc1Br. The van der Waals surface area contributed by atoms with E-state index in [2.05, 4.69) is 57.8 Å². The first-order valence-electron chi connectivity index (χ1n) is 6.11. The van der Waals surface area contributed by atoms with Gasteiger partial charge in [-0.2, -0.15) is 0 Å². The largest absolute Gasteiger partial charge is 0.357 e. The molecule has 1 aliphatic rings. The molecule has 2 rings (SSSR count). The Kier molecular flexibility index (Phi) is 4.05. The van der Waals surface area contributed by atoms with Crippen LogP contribution in [0, 0.1) is 6.92 Å². The molecule has 0 unspecified atom stereocenters. The van der Waals surface area contributed by atoms with Crippen molar-refractivity contribution in [1.82, 2.24) is 9.88 Å². The van der Waals surface area contributed by atoms with Crippen molar-refractivity contribution in [2.24, 2.45) is 0 Å². The van der Waals surface area contributed by atoms with Crippen LogP contribution in [-0.4, -0.2) is 43.1 Å². The minimum atomic E-state index is 0.624. The highest BCUT2D eigenvalue weighted by Gasteiger charge is 2.21. The first-order chi connectivity index (χ1) is 8.08. The first kappa shape index (κ1) is 12.8. The molecule has 0 spiro atoms. The van der Waals surface area contributed by atoms with E-state index in [-0.39, 0.29) is 0 Å². The van der Waals surface area contributed by atoms with E-state index in [4.69, 9.17) is 0 Å². The lowest BCUT2D eigenvalue weighted by Crippen LogP contribution is -2.42. The summed E-state index contributed by atoms with van der Waals surface area (Å²) in [4.78, 5) is 9.22. The number of hydrogen-bond acceptors (Lipinski definition) is 3. The van der Waals surface area contributed by atoms with Crippen molar-refractivity contribution in [2.45, 2.75) is 25.8 Å². The maximum Gasteiger partial charge on any atom is 0.128 e. The van der Waals surface area contributed by atoms with Crippen molar-refractivity contribution in [3.8, 4) is 0 Å². The van der Waals surface area contributed by atoms with Crippen LogP contribution < -0.4 is 4.90 Å². The number of nitrogens with zero attached hydrogens (tertiary/aromatic N) is 3. The Labute approximate surface area is 112 Å². The smallest absolute Gasteiger partial charge is 0.128 e. The van der Waals surface area contributed by atoms with Gasteiger partial charge in [0.05, 0.1) is 0 Å². The number of anilines is 1. The van der Waals surface area contributed by atoms with Gasteiger partial charge in [0.15, 0.2) is 0 Å². The molecule has 1 fully saturated rings. The highest BCUT2D eigenvalue weighted by atomic mass is 79.9. The molecular weight excluding hydrogens is 278 g/mol. The van der Waals surface area contributed by atoms with Gasteiger partial charge in [-0.05, 0) is 67.5 Å². The minimum absolute atomic E-state index is 0.624. The third-order valence-corrected chi connectivity index (χ3v) is 4.46. The summed E-state index contributed by atoms with van der Waals surface area (Å²) >= 11 is 3.49. The third kappa shape index (κ3) is 2.99. The molecule has 0 amide bonds. The zero-order chi connectivity index (χ0) is 12.4. The van der Waals surface area contributed by atoms with Gasteiger partial charge < -0.3 is 9.80 Å². The molecule has 1 aromatic heterocycles. The van der Waals surface area contributed by atoms with Crippen LogP contribution in [-0.2, 0) is 0 Å². The van der Waals surface area contributed by atoms with Crippen molar-refractivity contribution in [2.75, 3.05) is 32.1 Å². The number of likely N-dealkylation sites (tertiary alicyclic amines) is 1. The van der Waals surface area contributed by atoms with E-state index in [1.807, 2.05) is 6.20 Å². The highest BCUT2D eigenvalue weighted by molar-refractivity contribution is 9.10. The van der Waals surface area contributed by atoms with Gasteiger partial charge in [0, 0.05) is 23.8 Å². The summed E-state index contributed by atoms with van der Waals surface area (Å²) < 4.78 is 1.08. The van der Waals surface area contributed by atoms with E-state index in [9.17, 15) is 0 Å². The Morgan fingerprint density at radius 2 is 2.06 bits per heavy atom. The van der Waals surface area contributed by atoms with Gasteiger partial charge in [-0.25, -0.2) is 4.98 Å². The Bertz CT molecular complexity index is 386. The van der Waals surface area contributed by atoms with Crippen LogP contribution in [0.25, 0.3) is 0 Å². The number of pyridine rings is 1. The standard InChI is InChI=1S/C13H20BrN3/c1-10-8-13(15-9-12(10)14)17(3)11-4-6-16(2)7-5-11/h8-9,11H,4-7H2,1-3H3. The lowest BCUT2D eigenvalue weighted by atomic mass is 10.0. The highest BCUT2D eigenvalue weighted by Crippen LogP contribution is 2.23. The quantitative estimate of drug-likeness (QED) is 0.837. The van der Waals surface area contributed by atoms with Crippen LogP contribution in [0.15, 0.2) is 16.7 Å². The lowest BCUT2D eigenvalue weighted by molar-refractivity contribution is 0.252. The van der Waals surface area contributed by atoms with Gasteiger partial charge in [-0.3, -0.25) is 0 Å². The predicted molar refractivity (Wildman–Crippen MR) is 75.6 cm³/mol. The topological polar surface area (TPSA) is 19.4 Å². The van der Waals surface area contributed by atoms with E-state index in [1.165, 1.54) is 31.5 Å². The van der Waals surface area contributed by atoms with Crippen LogP contribution in [0.4, 0.5) is 5.82 Å². The second-order valence-electron chi connectivity index (χ2n) is 4.94. The number of piperidine rings is 1. The Hall–Kier alpha value is -0.610. The van der Waals surface area contributed by atoms with Gasteiger partial charge in [0.1, 0.15) is 5.82 Å². The monoisotopic (exact) mass is 297 g/mol. The number of hydrogen-bond donors (Lipinski definition) is 0. The van der Waals surface area contributed by atoms with Crippen molar-refractivity contribution < 1.29 is 0 Å². The van der Waals surface area contributed by atoms with Crippen LogP contribution in [0.2, 0.25) is 0 Å². The van der Waals surface area contributed by atoms with E-state index in [1.54, 1.807) is 0 Å². The molecular formula is C13H20BrN3. The number of rotatable bonds is 2. The normalized spacial score (nSPS) is 18.4. The molecule has 0 bridgehead atoms. The Balaban J connectivity index is 2.08. The first-order valence-corrected chi connectivity index (χ1v) is 6.90. The summed E-state index contributed by atoms with van der Waals surface area (Å²) in [6.45, 7) is 4.48. The number of halogens is 1. The van der Waals surface area contributed by atoms with E-state index in [0.717, 1.165) is 10.3 Å². The molecule has 1 aliphatic heterocycles. The molecule has 1 saturated heterocycles. The van der Waals surface area contributed by atoms with Crippen molar-refractivity contribution in [3.63, 3.8) is 0 Å². The Morgan fingerprint density at radius 1 is 1.41 bits per heavy atom. The number of aryl methyl sites for hydroxylation is 1. The molecule has 0 aliphatic carbocycles. The molecule has 94 valence electrons. The van der Waals surface area contributed by atoms with Crippen molar-refractivity contribution in [3.05, 3.63) is 22.3 Å². The summed E-state index contributed by atoms with van der Waals surface area (Å²) in [7, 11) is 4.35. The average molecular weight is 298 g/mol. The molecule has 0 aromatic carbocycles. The summed E-state index contributed by atoms with van der Waals surface area (Å²) in [6, 6.07) is 2.78. The summed E-state index contributed by atoms with van der Waals surface area (Å²) in [5, 5.41) is 0. The maximum atomic E-state index is 4.50. The van der Waals surface area contributed by atoms with Gasteiger partial charge >= 0.3 is 0 Å². The predicted octanol–water partition coefficient (Wildman–Crippen LogP) is 2.68.